The van der Waals surface area contributed by atoms with Crippen LogP contribution in [0.1, 0.15) is 64.6 Å². The Balaban J connectivity index is 1.80. The predicted molar refractivity (Wildman–Crippen MR) is 122 cm³/mol. The highest BCUT2D eigenvalue weighted by molar-refractivity contribution is 7.10. The number of aryl methyl sites for hydroxylation is 1. The van der Waals surface area contributed by atoms with Crippen molar-refractivity contribution < 1.29 is 9.59 Å². The number of primary amides is 1. The molecule has 1 atom stereocenters. The van der Waals surface area contributed by atoms with Gasteiger partial charge in [-0.25, -0.2) is 9.97 Å². The topological polar surface area (TPSA) is 98.0 Å². The second-order valence-corrected chi connectivity index (χ2v) is 8.93. The zero-order valence-electron chi connectivity index (χ0n) is 17.5. The molecule has 1 fully saturated rings. The third kappa shape index (κ3) is 4.82. The Morgan fingerprint density at radius 1 is 1.16 bits per heavy atom. The van der Waals surface area contributed by atoms with Crippen LogP contribution in [-0.2, 0) is 4.79 Å². The number of hydrogen-bond donors (Lipinski definition) is 2. The van der Waals surface area contributed by atoms with Crippen molar-refractivity contribution >= 4 is 23.2 Å². The molecule has 160 valence electrons. The van der Waals surface area contributed by atoms with Gasteiger partial charge in [0.2, 0.25) is 11.8 Å². The van der Waals surface area contributed by atoms with Crippen molar-refractivity contribution in [2.75, 3.05) is 0 Å². The predicted octanol–water partition coefficient (Wildman–Crippen LogP) is 4.19. The molecule has 0 aliphatic heterocycles. The van der Waals surface area contributed by atoms with Gasteiger partial charge in [0.1, 0.15) is 5.82 Å². The van der Waals surface area contributed by atoms with E-state index in [1.54, 1.807) is 35.7 Å². The van der Waals surface area contributed by atoms with Crippen LogP contribution in [0.15, 0.2) is 48.0 Å². The highest BCUT2D eigenvalue weighted by Crippen LogP contribution is 2.36. The fourth-order valence-corrected chi connectivity index (χ4v) is 5.04. The van der Waals surface area contributed by atoms with Crippen LogP contribution >= 0.6 is 11.3 Å². The second-order valence-electron chi connectivity index (χ2n) is 7.95. The zero-order valence-corrected chi connectivity index (χ0v) is 18.3. The number of carbonyl (C=O) groups excluding carboxylic acids is 2. The summed E-state index contributed by atoms with van der Waals surface area (Å²) >= 11 is 1.55. The number of rotatable bonds is 6. The second kappa shape index (κ2) is 9.39. The molecule has 0 spiro atoms. The average molecular weight is 435 g/mol. The Kier molecular flexibility index (Phi) is 6.42. The number of aromatic nitrogens is 2. The molecule has 1 aromatic carbocycles. The lowest BCUT2D eigenvalue weighted by atomic mass is 9.88. The van der Waals surface area contributed by atoms with Gasteiger partial charge in [-0.2, -0.15) is 0 Å². The first-order valence-electron chi connectivity index (χ1n) is 10.6. The summed E-state index contributed by atoms with van der Waals surface area (Å²) in [5.74, 6) is -0.410. The highest BCUT2D eigenvalue weighted by atomic mass is 32.1. The molecule has 3 N–H and O–H groups in total. The molecule has 4 rings (SSSR count). The first-order valence-corrected chi connectivity index (χ1v) is 11.5. The van der Waals surface area contributed by atoms with Crippen molar-refractivity contribution in [1.29, 1.82) is 0 Å². The van der Waals surface area contributed by atoms with Gasteiger partial charge in [0, 0.05) is 28.2 Å². The standard InChI is InChI=1S/C24H26N4O2S/c1-15-26-12-11-20(27-15)19-14-16(23(25)29)9-10-18(19)22(21-8-5-13-31-21)24(30)28-17-6-3-2-4-7-17/h5,8-14,17,22H,2-4,6-7H2,1H3,(H2,25,29)(H,28,30). The summed E-state index contributed by atoms with van der Waals surface area (Å²) in [6, 6.07) is 11.2. The van der Waals surface area contributed by atoms with Crippen LogP contribution < -0.4 is 11.1 Å². The van der Waals surface area contributed by atoms with Crippen molar-refractivity contribution in [1.82, 2.24) is 15.3 Å². The molecule has 2 heterocycles. The molecule has 0 radical (unpaired) electrons. The molecular formula is C24H26N4O2S. The summed E-state index contributed by atoms with van der Waals surface area (Å²) in [6.07, 6.45) is 7.23. The van der Waals surface area contributed by atoms with Crippen molar-refractivity contribution in [3.63, 3.8) is 0 Å². The average Bonchev–Trinajstić information content (AvgIpc) is 3.29. The van der Waals surface area contributed by atoms with Crippen LogP contribution in [-0.4, -0.2) is 27.8 Å². The Hall–Kier alpha value is -3.06. The first-order chi connectivity index (χ1) is 15.0. The summed E-state index contributed by atoms with van der Waals surface area (Å²) in [5, 5.41) is 5.25. The zero-order chi connectivity index (χ0) is 21.8. The Morgan fingerprint density at radius 2 is 1.97 bits per heavy atom. The molecular weight excluding hydrogens is 408 g/mol. The van der Waals surface area contributed by atoms with E-state index >= 15 is 0 Å². The smallest absolute Gasteiger partial charge is 0.248 e. The monoisotopic (exact) mass is 434 g/mol. The van der Waals surface area contributed by atoms with E-state index in [4.69, 9.17) is 5.73 Å². The first kappa shape index (κ1) is 21.2. The number of benzene rings is 1. The lowest BCUT2D eigenvalue weighted by Gasteiger charge is -2.26. The van der Waals surface area contributed by atoms with Crippen molar-refractivity contribution in [2.45, 2.75) is 51.0 Å². The van der Waals surface area contributed by atoms with Gasteiger partial charge < -0.3 is 11.1 Å². The summed E-state index contributed by atoms with van der Waals surface area (Å²) in [4.78, 5) is 35.1. The van der Waals surface area contributed by atoms with Gasteiger partial charge in [-0.3, -0.25) is 9.59 Å². The van der Waals surface area contributed by atoms with Gasteiger partial charge in [-0.05, 0) is 55.0 Å². The lowest BCUT2D eigenvalue weighted by molar-refractivity contribution is -0.122. The molecule has 0 bridgehead atoms. The fraction of sp³-hybridized carbons (Fsp3) is 0.333. The van der Waals surface area contributed by atoms with E-state index in [1.165, 1.54) is 6.42 Å². The molecule has 1 aliphatic carbocycles. The molecule has 1 aliphatic rings. The number of nitrogens with zero attached hydrogens (tertiary/aromatic N) is 2. The molecule has 1 saturated carbocycles. The maximum absolute atomic E-state index is 13.6. The van der Waals surface area contributed by atoms with Crippen LogP contribution in [0.4, 0.5) is 0 Å². The molecule has 7 heteroatoms. The van der Waals surface area contributed by atoms with E-state index in [-0.39, 0.29) is 11.9 Å². The van der Waals surface area contributed by atoms with Crippen LogP contribution in [0.25, 0.3) is 11.3 Å². The summed E-state index contributed by atoms with van der Waals surface area (Å²) in [5.41, 5.74) is 8.12. The number of amides is 2. The Bertz CT molecular complexity index is 1070. The SMILES string of the molecule is Cc1nccc(-c2cc(C(N)=O)ccc2C(C(=O)NC2CCCCC2)c2cccs2)n1. The van der Waals surface area contributed by atoms with Crippen LogP contribution in [0, 0.1) is 6.92 Å². The molecule has 2 amide bonds. The third-order valence-electron chi connectivity index (χ3n) is 5.74. The maximum Gasteiger partial charge on any atom is 0.248 e. The molecule has 6 nitrogen and oxygen atoms in total. The molecule has 2 aromatic heterocycles. The normalized spacial score (nSPS) is 15.4. The van der Waals surface area contributed by atoms with Crippen molar-refractivity contribution in [3.05, 3.63) is 69.8 Å². The van der Waals surface area contributed by atoms with Gasteiger partial charge in [-0.1, -0.05) is 31.4 Å². The number of hydrogen-bond acceptors (Lipinski definition) is 5. The van der Waals surface area contributed by atoms with Crippen molar-refractivity contribution in [2.24, 2.45) is 5.73 Å². The van der Waals surface area contributed by atoms with Crippen LogP contribution in [0.5, 0.6) is 0 Å². The van der Waals surface area contributed by atoms with Gasteiger partial charge >= 0.3 is 0 Å². The highest BCUT2D eigenvalue weighted by Gasteiger charge is 2.29. The number of nitrogens with one attached hydrogen (secondary N) is 1. The van der Waals surface area contributed by atoms with E-state index < -0.39 is 11.8 Å². The van der Waals surface area contributed by atoms with Gasteiger partial charge in [0.25, 0.3) is 0 Å². The summed E-state index contributed by atoms with van der Waals surface area (Å²) in [7, 11) is 0. The van der Waals surface area contributed by atoms with Gasteiger partial charge in [0.05, 0.1) is 11.6 Å². The maximum atomic E-state index is 13.6. The summed E-state index contributed by atoms with van der Waals surface area (Å²) in [6.45, 7) is 1.81. The Morgan fingerprint density at radius 3 is 2.65 bits per heavy atom. The van der Waals surface area contributed by atoms with E-state index in [1.807, 2.05) is 30.5 Å². The fourth-order valence-electron chi connectivity index (χ4n) is 4.20. The minimum absolute atomic E-state index is 0.0202. The van der Waals surface area contributed by atoms with E-state index in [0.717, 1.165) is 41.7 Å². The van der Waals surface area contributed by atoms with Crippen molar-refractivity contribution in [3.8, 4) is 11.3 Å². The van der Waals surface area contributed by atoms with Crippen LogP contribution in [0.2, 0.25) is 0 Å². The third-order valence-corrected chi connectivity index (χ3v) is 6.68. The van der Waals surface area contributed by atoms with E-state index in [2.05, 4.69) is 15.3 Å². The molecule has 1 unspecified atom stereocenters. The summed E-state index contributed by atoms with van der Waals surface area (Å²) < 4.78 is 0. The number of nitrogens with two attached hydrogens (primary N) is 1. The van der Waals surface area contributed by atoms with Gasteiger partial charge in [-0.15, -0.1) is 11.3 Å². The minimum atomic E-state index is -0.516. The van der Waals surface area contributed by atoms with Gasteiger partial charge in [0.15, 0.2) is 0 Å². The number of thiophene rings is 1. The number of carbonyl (C=O) groups is 2. The minimum Gasteiger partial charge on any atom is -0.366 e. The quantitative estimate of drug-likeness (QED) is 0.608. The molecule has 3 aromatic rings. The molecule has 31 heavy (non-hydrogen) atoms. The largest absolute Gasteiger partial charge is 0.366 e. The lowest BCUT2D eigenvalue weighted by Crippen LogP contribution is -2.39. The van der Waals surface area contributed by atoms with E-state index in [9.17, 15) is 9.59 Å². The molecule has 0 saturated heterocycles. The van der Waals surface area contributed by atoms with E-state index in [0.29, 0.717) is 17.1 Å². The Labute approximate surface area is 185 Å². The van der Waals surface area contributed by atoms with Crippen LogP contribution in [0.3, 0.4) is 0 Å².